The molecule has 0 fully saturated rings. The lowest BCUT2D eigenvalue weighted by molar-refractivity contribution is -0.173. The van der Waals surface area contributed by atoms with E-state index in [1.807, 2.05) is 12.1 Å². The summed E-state index contributed by atoms with van der Waals surface area (Å²) in [6.45, 7) is 0. The number of nitrogens with two attached hydrogens (primary N) is 2. The number of aromatic amines is 2. The molecule has 0 spiro atoms. The van der Waals surface area contributed by atoms with E-state index in [2.05, 4.69) is 9.97 Å². The quantitative estimate of drug-likeness (QED) is 0.192. The number of benzene rings is 2. The van der Waals surface area contributed by atoms with E-state index in [-0.39, 0.29) is 12.8 Å². The van der Waals surface area contributed by atoms with E-state index in [4.69, 9.17) is 44.1 Å². The number of ether oxygens (including phenoxy) is 2. The minimum absolute atomic E-state index is 0.182. The van der Waals surface area contributed by atoms with Gasteiger partial charge in [0.25, 0.3) is 0 Å². The number of hydrogen-bond acceptors (Lipinski definition) is 6. The Morgan fingerprint density at radius 1 is 0.781 bits per heavy atom. The monoisotopic (exact) mass is 474 g/mol. The molecule has 10 heteroatoms. The Balaban J connectivity index is 1.33. The molecule has 2 aromatic carbocycles. The highest BCUT2D eigenvalue weighted by Crippen LogP contribution is 2.24. The zero-order valence-corrected chi connectivity index (χ0v) is 18.2. The van der Waals surface area contributed by atoms with Crippen LogP contribution in [0.2, 0.25) is 10.0 Å². The van der Waals surface area contributed by atoms with Crippen molar-refractivity contribution in [1.29, 1.82) is 0 Å². The zero-order valence-electron chi connectivity index (χ0n) is 16.7. The van der Waals surface area contributed by atoms with Crippen molar-refractivity contribution in [2.45, 2.75) is 25.3 Å². The molecule has 0 saturated heterocycles. The normalized spacial score (nSPS) is 13.2. The van der Waals surface area contributed by atoms with Gasteiger partial charge in [0, 0.05) is 57.1 Å². The fourth-order valence-electron chi connectivity index (χ4n) is 3.53. The van der Waals surface area contributed by atoms with Crippen molar-refractivity contribution in [2.75, 3.05) is 0 Å². The molecule has 2 atom stereocenters. The summed E-state index contributed by atoms with van der Waals surface area (Å²) in [5.41, 5.74) is 15.1. The molecule has 2 aromatic heterocycles. The molecule has 0 aliphatic heterocycles. The largest absolute Gasteiger partial charge is 0.438 e. The molecule has 166 valence electrons. The molecule has 6 N–H and O–H groups in total. The molecular formula is C22H20Cl2N4O4. The van der Waals surface area contributed by atoms with Gasteiger partial charge in [-0.25, -0.2) is 9.59 Å². The maximum absolute atomic E-state index is 12.1. The maximum Gasteiger partial charge on any atom is 0.419 e. The lowest BCUT2D eigenvalue weighted by atomic mass is 10.1. The Morgan fingerprint density at radius 3 is 1.59 bits per heavy atom. The molecular weight excluding hydrogens is 455 g/mol. The number of esters is 2. The zero-order chi connectivity index (χ0) is 22.8. The van der Waals surface area contributed by atoms with Crippen LogP contribution in [0.15, 0.2) is 48.8 Å². The van der Waals surface area contributed by atoms with Crippen molar-refractivity contribution in [2.24, 2.45) is 11.5 Å². The number of carbonyl (C=O) groups excluding carboxylic acids is 2. The van der Waals surface area contributed by atoms with Crippen LogP contribution >= 0.6 is 23.2 Å². The summed E-state index contributed by atoms with van der Waals surface area (Å²) in [6.07, 6.45) is 1.75. The van der Waals surface area contributed by atoms with Crippen molar-refractivity contribution in [3.05, 3.63) is 70.0 Å². The Kier molecular flexibility index (Phi) is 6.38. The van der Waals surface area contributed by atoms with Crippen LogP contribution in [0.25, 0.3) is 21.8 Å². The predicted octanol–water partition coefficient (Wildman–Crippen LogP) is 3.40. The van der Waals surface area contributed by atoms with Crippen LogP contribution < -0.4 is 11.5 Å². The number of carbonyl (C=O) groups is 2. The molecule has 2 unspecified atom stereocenters. The molecule has 4 aromatic rings. The van der Waals surface area contributed by atoms with Crippen LogP contribution in [0.1, 0.15) is 11.1 Å². The van der Waals surface area contributed by atoms with E-state index in [0.717, 1.165) is 32.9 Å². The Labute approximate surface area is 192 Å². The topological polar surface area (TPSA) is 136 Å². The first-order valence-electron chi connectivity index (χ1n) is 9.74. The smallest absolute Gasteiger partial charge is 0.419 e. The summed E-state index contributed by atoms with van der Waals surface area (Å²) in [5.74, 6) is -2.43. The van der Waals surface area contributed by atoms with Crippen molar-refractivity contribution in [3.63, 3.8) is 0 Å². The Morgan fingerprint density at radius 2 is 1.19 bits per heavy atom. The summed E-state index contributed by atoms with van der Waals surface area (Å²) < 4.78 is 10.0. The van der Waals surface area contributed by atoms with E-state index in [9.17, 15) is 9.59 Å². The number of nitrogens with one attached hydrogen (secondary N) is 2. The third-order valence-corrected chi connectivity index (χ3v) is 5.45. The van der Waals surface area contributed by atoms with Crippen molar-refractivity contribution in [1.82, 2.24) is 9.97 Å². The first-order chi connectivity index (χ1) is 15.3. The van der Waals surface area contributed by atoms with E-state index >= 15 is 0 Å². The SMILES string of the molecule is NC(Cc1c[nH]c2ccc(Cl)cc12)OC(=O)C(=O)OC(N)Cc1c[nH]c2ccc(Cl)cc12. The number of H-pyrrole nitrogens is 2. The van der Waals surface area contributed by atoms with Crippen LogP contribution in [0.3, 0.4) is 0 Å². The van der Waals surface area contributed by atoms with Gasteiger partial charge in [-0.05, 0) is 47.5 Å². The first-order valence-corrected chi connectivity index (χ1v) is 10.5. The molecule has 0 saturated carbocycles. The van der Waals surface area contributed by atoms with Crippen LogP contribution in [0.5, 0.6) is 0 Å². The van der Waals surface area contributed by atoms with Gasteiger partial charge < -0.3 is 19.4 Å². The molecule has 2 heterocycles. The highest BCUT2D eigenvalue weighted by molar-refractivity contribution is 6.31. The second-order valence-corrected chi connectivity index (χ2v) is 8.18. The molecule has 0 aliphatic rings. The van der Waals surface area contributed by atoms with Crippen molar-refractivity contribution in [3.8, 4) is 0 Å². The maximum atomic E-state index is 12.1. The first kappa shape index (κ1) is 22.2. The number of rotatable bonds is 6. The second-order valence-electron chi connectivity index (χ2n) is 7.30. The Bertz CT molecular complexity index is 1200. The van der Waals surface area contributed by atoms with Crippen LogP contribution in [-0.4, -0.2) is 34.4 Å². The van der Waals surface area contributed by atoms with Crippen LogP contribution in [-0.2, 0) is 31.9 Å². The number of hydrogen-bond donors (Lipinski definition) is 4. The minimum Gasteiger partial charge on any atom is -0.438 e. The fraction of sp³-hybridized carbons (Fsp3) is 0.182. The molecule has 0 aliphatic carbocycles. The highest BCUT2D eigenvalue weighted by atomic mass is 35.5. The lowest BCUT2D eigenvalue weighted by Crippen LogP contribution is -2.37. The minimum atomic E-state index is -1.22. The molecule has 32 heavy (non-hydrogen) atoms. The Hall–Kier alpha value is -3.04. The molecule has 8 nitrogen and oxygen atoms in total. The standard InChI is InChI=1S/C22H20Cl2N4O4/c23-13-1-3-17-15(7-13)11(9-27-17)5-19(25)31-21(29)22(30)32-20(26)6-12-10-28-18-4-2-14(24)8-16(12)18/h1-4,7-10,19-20,27-28H,5-6,25-26H2. The summed E-state index contributed by atoms with van der Waals surface area (Å²) in [7, 11) is 0. The summed E-state index contributed by atoms with van der Waals surface area (Å²) >= 11 is 12.1. The summed E-state index contributed by atoms with van der Waals surface area (Å²) in [4.78, 5) is 30.4. The summed E-state index contributed by atoms with van der Waals surface area (Å²) in [6, 6.07) is 10.7. The average molecular weight is 475 g/mol. The second kappa shape index (κ2) is 9.22. The van der Waals surface area contributed by atoms with Gasteiger partial charge in [-0.15, -0.1) is 0 Å². The van der Waals surface area contributed by atoms with Gasteiger partial charge >= 0.3 is 11.9 Å². The van der Waals surface area contributed by atoms with E-state index in [1.54, 1.807) is 36.7 Å². The van der Waals surface area contributed by atoms with E-state index in [0.29, 0.717) is 10.0 Å². The third-order valence-electron chi connectivity index (χ3n) is 4.98. The molecule has 4 rings (SSSR count). The number of aromatic nitrogens is 2. The van der Waals surface area contributed by atoms with Gasteiger partial charge in [-0.3, -0.25) is 11.5 Å². The van der Waals surface area contributed by atoms with Gasteiger partial charge in [0.2, 0.25) is 0 Å². The molecule has 0 bridgehead atoms. The number of halogens is 2. The van der Waals surface area contributed by atoms with Crippen molar-refractivity contribution >= 4 is 56.9 Å². The lowest BCUT2D eigenvalue weighted by Gasteiger charge is -2.15. The van der Waals surface area contributed by atoms with Gasteiger partial charge in [0.1, 0.15) is 0 Å². The fourth-order valence-corrected chi connectivity index (χ4v) is 3.87. The van der Waals surface area contributed by atoms with Crippen LogP contribution in [0, 0.1) is 0 Å². The van der Waals surface area contributed by atoms with Crippen molar-refractivity contribution < 1.29 is 19.1 Å². The van der Waals surface area contributed by atoms with Crippen LogP contribution in [0.4, 0.5) is 0 Å². The van der Waals surface area contributed by atoms with Gasteiger partial charge in [0.05, 0.1) is 0 Å². The highest BCUT2D eigenvalue weighted by Gasteiger charge is 2.24. The van der Waals surface area contributed by atoms with Gasteiger partial charge in [-0.2, -0.15) is 0 Å². The summed E-state index contributed by atoms with van der Waals surface area (Å²) in [5, 5.41) is 2.85. The van der Waals surface area contributed by atoms with Gasteiger partial charge in [0.15, 0.2) is 12.5 Å². The predicted molar refractivity (Wildman–Crippen MR) is 122 cm³/mol. The van der Waals surface area contributed by atoms with E-state index < -0.39 is 24.4 Å². The average Bonchev–Trinajstić information content (AvgIpc) is 3.31. The van der Waals surface area contributed by atoms with E-state index in [1.165, 1.54) is 0 Å². The molecule has 0 amide bonds. The number of fused-ring (bicyclic) bond motifs is 2. The van der Waals surface area contributed by atoms with Gasteiger partial charge in [-0.1, -0.05) is 23.2 Å². The third kappa shape index (κ3) is 4.89. The molecule has 0 radical (unpaired) electrons.